The molecule has 1 fully saturated rings. The van der Waals surface area contributed by atoms with Gasteiger partial charge in [-0.3, -0.25) is 9.69 Å². The number of nitrogen functional groups attached to an aromatic ring is 1. The summed E-state index contributed by atoms with van der Waals surface area (Å²) in [5.41, 5.74) is 9.31. The summed E-state index contributed by atoms with van der Waals surface area (Å²) in [6.45, 7) is 4.45. The molecule has 1 aromatic carbocycles. The average molecular weight is 425 g/mol. The molecular formula is C19H23N9O3. The molecule has 4 rings (SSSR count). The van der Waals surface area contributed by atoms with E-state index < -0.39 is 5.91 Å². The molecule has 0 bridgehead atoms. The monoisotopic (exact) mass is 425 g/mol. The van der Waals surface area contributed by atoms with Crippen LogP contribution >= 0.6 is 0 Å². The number of nitrogens with zero attached hydrogens (tertiary/aromatic N) is 7. The zero-order valence-corrected chi connectivity index (χ0v) is 17.0. The Labute approximate surface area is 177 Å². The van der Waals surface area contributed by atoms with Gasteiger partial charge in [0.2, 0.25) is 11.6 Å². The number of carbonyl (C=O) groups excluding carboxylic acids is 1. The van der Waals surface area contributed by atoms with Crippen molar-refractivity contribution in [3.05, 3.63) is 41.2 Å². The molecule has 1 amide bonds. The predicted octanol–water partition coefficient (Wildman–Crippen LogP) is 0.934. The smallest absolute Gasteiger partial charge is 0.293 e. The van der Waals surface area contributed by atoms with Crippen molar-refractivity contribution in [2.75, 3.05) is 18.8 Å². The summed E-state index contributed by atoms with van der Waals surface area (Å²) in [4.78, 5) is 15.0. The maximum absolute atomic E-state index is 12.8. The number of phenolic OH excluding ortho intramolecular Hbond substituents is 1. The number of anilines is 1. The summed E-state index contributed by atoms with van der Waals surface area (Å²) in [5.74, 6) is 0.391. The molecule has 0 unspecified atom stereocenters. The molecule has 4 N–H and O–H groups in total. The Morgan fingerprint density at radius 1 is 1.35 bits per heavy atom. The van der Waals surface area contributed by atoms with E-state index in [2.05, 4.69) is 47.6 Å². The van der Waals surface area contributed by atoms with E-state index in [1.807, 2.05) is 0 Å². The number of amides is 1. The van der Waals surface area contributed by atoms with Crippen molar-refractivity contribution in [3.63, 3.8) is 0 Å². The minimum atomic E-state index is -0.548. The van der Waals surface area contributed by atoms with Gasteiger partial charge in [-0.1, -0.05) is 24.3 Å². The number of rotatable bonds is 6. The standard InChI is InChI=1S/C19H23N9O3/c1-12-6-8-27(9-7-12)11-14-16(22-26-28(14)18-17(20)24-31-25-18)19(30)23-21-10-13-4-2-3-5-15(13)29/h2-5,10,12,29H,6-9,11H2,1H3,(H2,20,24)(H,23,30)/b21-10+. The number of aromatic nitrogens is 5. The lowest BCUT2D eigenvalue weighted by Gasteiger charge is -2.30. The number of aromatic hydroxyl groups is 1. The van der Waals surface area contributed by atoms with E-state index in [1.165, 1.54) is 17.0 Å². The SMILES string of the molecule is CC1CCN(Cc2c(C(=O)N/N=C/c3ccccc3O)nnn2-c2nonc2N)CC1. The van der Waals surface area contributed by atoms with Gasteiger partial charge in [0.15, 0.2) is 5.69 Å². The van der Waals surface area contributed by atoms with Crippen LogP contribution in [0.3, 0.4) is 0 Å². The Kier molecular flexibility index (Phi) is 5.89. The summed E-state index contributed by atoms with van der Waals surface area (Å²) in [5, 5.41) is 29.1. The van der Waals surface area contributed by atoms with Gasteiger partial charge >= 0.3 is 0 Å². The Hall–Kier alpha value is -3.80. The van der Waals surface area contributed by atoms with Crippen LogP contribution in [0, 0.1) is 5.92 Å². The third-order valence-corrected chi connectivity index (χ3v) is 5.23. The van der Waals surface area contributed by atoms with Gasteiger partial charge in [0.25, 0.3) is 5.91 Å². The fourth-order valence-corrected chi connectivity index (χ4v) is 3.37. The quantitative estimate of drug-likeness (QED) is 0.385. The fraction of sp³-hybridized carbons (Fsp3) is 0.368. The highest BCUT2D eigenvalue weighted by Gasteiger charge is 2.26. The highest BCUT2D eigenvalue weighted by molar-refractivity contribution is 5.94. The van der Waals surface area contributed by atoms with Crippen molar-refractivity contribution in [2.45, 2.75) is 26.3 Å². The first-order valence-corrected chi connectivity index (χ1v) is 9.89. The number of nitrogens with two attached hydrogens (primary N) is 1. The number of hydrogen-bond donors (Lipinski definition) is 3. The maximum atomic E-state index is 12.8. The second kappa shape index (κ2) is 8.92. The van der Waals surface area contributed by atoms with Crippen molar-refractivity contribution in [1.29, 1.82) is 0 Å². The van der Waals surface area contributed by atoms with E-state index in [0.29, 0.717) is 23.7 Å². The molecule has 1 aliphatic heterocycles. The Morgan fingerprint density at radius 3 is 2.84 bits per heavy atom. The number of benzene rings is 1. The number of hydrazone groups is 1. The van der Waals surface area contributed by atoms with Crippen molar-refractivity contribution < 1.29 is 14.5 Å². The van der Waals surface area contributed by atoms with E-state index in [1.54, 1.807) is 18.2 Å². The molecule has 12 heteroatoms. The summed E-state index contributed by atoms with van der Waals surface area (Å²) >= 11 is 0. The summed E-state index contributed by atoms with van der Waals surface area (Å²) in [7, 11) is 0. The first-order chi connectivity index (χ1) is 15.0. The molecule has 2 aromatic heterocycles. The molecule has 3 aromatic rings. The number of nitrogens with one attached hydrogen (secondary N) is 1. The van der Waals surface area contributed by atoms with Crippen LogP contribution in [0.15, 0.2) is 34.0 Å². The molecular weight excluding hydrogens is 402 g/mol. The van der Waals surface area contributed by atoms with E-state index in [0.717, 1.165) is 25.9 Å². The van der Waals surface area contributed by atoms with E-state index in [-0.39, 0.29) is 23.1 Å². The van der Waals surface area contributed by atoms with Crippen LogP contribution in [-0.4, -0.2) is 60.5 Å². The van der Waals surface area contributed by atoms with Crippen LogP contribution in [0.2, 0.25) is 0 Å². The molecule has 162 valence electrons. The molecule has 0 atom stereocenters. The van der Waals surface area contributed by atoms with Gasteiger partial charge in [-0.05, 0) is 54.3 Å². The van der Waals surface area contributed by atoms with Crippen molar-refractivity contribution in [1.82, 2.24) is 35.6 Å². The van der Waals surface area contributed by atoms with Crippen LogP contribution in [0.1, 0.15) is 41.5 Å². The molecule has 1 aliphatic rings. The number of hydrogen-bond acceptors (Lipinski definition) is 10. The van der Waals surface area contributed by atoms with Gasteiger partial charge in [-0.2, -0.15) is 9.78 Å². The van der Waals surface area contributed by atoms with Crippen LogP contribution in [-0.2, 0) is 6.54 Å². The van der Waals surface area contributed by atoms with E-state index >= 15 is 0 Å². The largest absolute Gasteiger partial charge is 0.507 e. The van der Waals surface area contributed by atoms with E-state index in [4.69, 9.17) is 5.73 Å². The number of carbonyl (C=O) groups is 1. The first-order valence-electron chi connectivity index (χ1n) is 9.89. The van der Waals surface area contributed by atoms with Gasteiger partial charge in [-0.15, -0.1) is 5.10 Å². The molecule has 0 radical (unpaired) electrons. The average Bonchev–Trinajstić information content (AvgIpc) is 3.36. The number of likely N-dealkylation sites (tertiary alicyclic amines) is 1. The minimum absolute atomic E-state index is 0.0444. The molecule has 12 nitrogen and oxygen atoms in total. The highest BCUT2D eigenvalue weighted by Crippen LogP contribution is 2.21. The Morgan fingerprint density at radius 2 is 2.13 bits per heavy atom. The van der Waals surface area contributed by atoms with Crippen molar-refractivity contribution >= 4 is 17.9 Å². The second-order valence-corrected chi connectivity index (χ2v) is 7.49. The highest BCUT2D eigenvalue weighted by atomic mass is 16.6. The summed E-state index contributed by atoms with van der Waals surface area (Å²) < 4.78 is 6.05. The lowest BCUT2D eigenvalue weighted by molar-refractivity contribution is 0.0946. The zero-order chi connectivity index (χ0) is 21.8. The normalized spacial score (nSPS) is 15.5. The van der Waals surface area contributed by atoms with Crippen LogP contribution in [0.5, 0.6) is 5.75 Å². The van der Waals surface area contributed by atoms with Gasteiger partial charge in [0.1, 0.15) is 5.75 Å². The van der Waals surface area contributed by atoms with Gasteiger partial charge < -0.3 is 10.8 Å². The second-order valence-electron chi connectivity index (χ2n) is 7.49. The molecule has 1 saturated heterocycles. The Balaban J connectivity index is 1.57. The lowest BCUT2D eigenvalue weighted by Crippen LogP contribution is -2.34. The third kappa shape index (κ3) is 4.53. The molecule has 0 spiro atoms. The van der Waals surface area contributed by atoms with Crippen molar-refractivity contribution in [2.24, 2.45) is 11.0 Å². The molecule has 31 heavy (non-hydrogen) atoms. The minimum Gasteiger partial charge on any atom is -0.507 e. The topological polar surface area (TPSA) is 161 Å². The van der Waals surface area contributed by atoms with Crippen LogP contribution in [0.4, 0.5) is 5.82 Å². The fourth-order valence-electron chi connectivity index (χ4n) is 3.37. The third-order valence-electron chi connectivity index (χ3n) is 5.23. The van der Waals surface area contributed by atoms with Gasteiger partial charge in [0, 0.05) is 12.1 Å². The van der Waals surface area contributed by atoms with Gasteiger partial charge in [-0.25, -0.2) is 10.1 Å². The van der Waals surface area contributed by atoms with Crippen LogP contribution in [0.25, 0.3) is 5.82 Å². The Bertz CT molecular complexity index is 1080. The number of phenols is 1. The van der Waals surface area contributed by atoms with Gasteiger partial charge in [0.05, 0.1) is 11.9 Å². The summed E-state index contributed by atoms with van der Waals surface area (Å²) in [6.07, 6.45) is 3.49. The maximum Gasteiger partial charge on any atom is 0.293 e. The van der Waals surface area contributed by atoms with Crippen LogP contribution < -0.4 is 11.2 Å². The number of para-hydroxylation sites is 1. The first kappa shape index (κ1) is 20.5. The number of piperidine rings is 1. The molecule has 0 aliphatic carbocycles. The summed E-state index contributed by atoms with van der Waals surface area (Å²) in [6, 6.07) is 6.65. The zero-order valence-electron chi connectivity index (χ0n) is 17.0. The lowest BCUT2D eigenvalue weighted by atomic mass is 9.99. The molecule has 3 heterocycles. The predicted molar refractivity (Wildman–Crippen MR) is 110 cm³/mol. The van der Waals surface area contributed by atoms with Crippen molar-refractivity contribution in [3.8, 4) is 11.6 Å². The molecule has 0 saturated carbocycles. The van der Waals surface area contributed by atoms with E-state index in [9.17, 15) is 9.90 Å².